The van der Waals surface area contributed by atoms with Gasteiger partial charge in [0.1, 0.15) is 13.2 Å². The van der Waals surface area contributed by atoms with Crippen molar-refractivity contribution < 1.29 is 17.9 Å². The van der Waals surface area contributed by atoms with E-state index in [9.17, 15) is 18.0 Å². The van der Waals surface area contributed by atoms with Crippen LogP contribution >= 0.6 is 0 Å². The fourth-order valence-electron chi connectivity index (χ4n) is 3.45. The molecule has 1 aromatic heterocycles. The third-order valence-electron chi connectivity index (χ3n) is 5.18. The van der Waals surface area contributed by atoms with Gasteiger partial charge in [0.05, 0.1) is 12.2 Å². The van der Waals surface area contributed by atoms with Crippen LogP contribution in [0.1, 0.15) is 5.56 Å². The van der Waals surface area contributed by atoms with Gasteiger partial charge in [-0.15, -0.1) is 0 Å². The zero-order valence-corrected chi connectivity index (χ0v) is 19.0. The van der Waals surface area contributed by atoms with Crippen molar-refractivity contribution in [3.05, 3.63) is 87.2 Å². The van der Waals surface area contributed by atoms with E-state index in [0.717, 1.165) is 25.2 Å². The van der Waals surface area contributed by atoms with Crippen LogP contribution in [0.5, 0.6) is 11.5 Å². The average Bonchev–Trinajstić information content (AvgIpc) is 2.83. The van der Waals surface area contributed by atoms with Gasteiger partial charge >= 0.3 is 5.69 Å². The summed E-state index contributed by atoms with van der Waals surface area (Å²) in [5, 5.41) is 0. The fourth-order valence-corrected chi connectivity index (χ4v) is 5.01. The Kier molecular flexibility index (Phi) is 6.10. The number of fused-ring (bicyclic) bond motifs is 1. The second kappa shape index (κ2) is 8.99. The second-order valence-corrected chi connectivity index (χ2v) is 9.26. The topological polar surface area (TPSA) is 99.8 Å². The summed E-state index contributed by atoms with van der Waals surface area (Å²) in [5.41, 5.74) is -0.315. The predicted molar refractivity (Wildman–Crippen MR) is 124 cm³/mol. The average molecular weight is 470 g/mol. The summed E-state index contributed by atoms with van der Waals surface area (Å²) in [6.07, 6.45) is 4.53. The Morgan fingerprint density at radius 2 is 1.70 bits per heavy atom. The molecule has 0 fully saturated rings. The standard InChI is InChI=1S/C23H23N3O6S/c1-24-16-21(22(27)25(2)23(24)28)33(29,30)26(12-6-9-17-7-4-3-5-8-17)18-10-11-19-20(15-18)32-14-13-31-19/h3-11,15-16H,12-14H2,1-2H3/b9-6+. The summed E-state index contributed by atoms with van der Waals surface area (Å²) in [6, 6.07) is 14.2. The minimum Gasteiger partial charge on any atom is -0.486 e. The minimum absolute atomic E-state index is 0.0527. The third-order valence-corrected chi connectivity index (χ3v) is 6.95. The number of hydrogen-bond donors (Lipinski definition) is 0. The molecule has 33 heavy (non-hydrogen) atoms. The Balaban J connectivity index is 1.81. The van der Waals surface area contributed by atoms with E-state index in [1.807, 2.05) is 30.3 Å². The van der Waals surface area contributed by atoms with Gasteiger partial charge in [-0.25, -0.2) is 13.2 Å². The second-order valence-electron chi connectivity index (χ2n) is 7.43. The molecule has 9 nitrogen and oxygen atoms in total. The number of rotatable bonds is 6. The quantitative estimate of drug-likeness (QED) is 0.546. The number of anilines is 1. The Morgan fingerprint density at radius 1 is 1.00 bits per heavy atom. The van der Waals surface area contributed by atoms with E-state index in [1.165, 1.54) is 14.1 Å². The molecule has 0 atom stereocenters. The summed E-state index contributed by atoms with van der Waals surface area (Å²) in [4.78, 5) is 24.3. The van der Waals surface area contributed by atoms with Crippen LogP contribution in [-0.2, 0) is 24.1 Å². The van der Waals surface area contributed by atoms with Gasteiger partial charge in [0.15, 0.2) is 16.4 Å². The van der Waals surface area contributed by atoms with Crippen molar-refractivity contribution in [1.29, 1.82) is 0 Å². The number of nitrogens with zero attached hydrogens (tertiary/aromatic N) is 3. The van der Waals surface area contributed by atoms with Crippen LogP contribution in [0.3, 0.4) is 0 Å². The van der Waals surface area contributed by atoms with E-state index in [0.29, 0.717) is 30.4 Å². The van der Waals surface area contributed by atoms with E-state index < -0.39 is 26.2 Å². The lowest BCUT2D eigenvalue weighted by Gasteiger charge is -2.25. The summed E-state index contributed by atoms with van der Waals surface area (Å²) in [6.45, 7) is 0.698. The minimum atomic E-state index is -4.33. The van der Waals surface area contributed by atoms with Crippen LogP contribution in [0.25, 0.3) is 6.08 Å². The first-order chi connectivity index (χ1) is 15.8. The van der Waals surface area contributed by atoms with Crippen LogP contribution in [0.2, 0.25) is 0 Å². The van der Waals surface area contributed by atoms with Gasteiger partial charge in [-0.1, -0.05) is 42.5 Å². The molecule has 172 valence electrons. The first-order valence-corrected chi connectivity index (χ1v) is 11.6. The Hall–Kier alpha value is -3.79. The lowest BCUT2D eigenvalue weighted by Crippen LogP contribution is -2.43. The van der Waals surface area contributed by atoms with Crippen LogP contribution in [-0.4, -0.2) is 37.3 Å². The van der Waals surface area contributed by atoms with Gasteiger partial charge in [0.2, 0.25) is 0 Å². The predicted octanol–water partition coefficient (Wildman–Crippen LogP) is 1.76. The highest BCUT2D eigenvalue weighted by atomic mass is 32.2. The molecule has 0 saturated heterocycles. The number of aromatic nitrogens is 2. The van der Waals surface area contributed by atoms with Gasteiger partial charge in [-0.3, -0.25) is 13.7 Å². The number of aryl methyl sites for hydroxylation is 1. The van der Waals surface area contributed by atoms with Crippen molar-refractivity contribution in [3.63, 3.8) is 0 Å². The molecule has 1 aliphatic rings. The molecule has 3 aromatic rings. The Bertz CT molecular complexity index is 1420. The third kappa shape index (κ3) is 4.42. The van der Waals surface area contributed by atoms with Crippen molar-refractivity contribution in [2.24, 2.45) is 14.1 Å². The van der Waals surface area contributed by atoms with Crippen LogP contribution in [0.15, 0.2) is 75.3 Å². The first kappa shape index (κ1) is 22.4. The van der Waals surface area contributed by atoms with E-state index in [1.54, 1.807) is 30.4 Å². The molecule has 1 aliphatic heterocycles. The molecule has 0 spiro atoms. The van der Waals surface area contributed by atoms with Gasteiger partial charge in [-0.05, 0) is 17.7 Å². The lowest BCUT2D eigenvalue weighted by atomic mass is 10.2. The molecule has 2 heterocycles. The maximum Gasteiger partial charge on any atom is 0.330 e. The zero-order valence-electron chi connectivity index (χ0n) is 18.2. The fraction of sp³-hybridized carbons (Fsp3) is 0.217. The summed E-state index contributed by atoms with van der Waals surface area (Å²) >= 11 is 0. The Labute approximate surface area is 190 Å². The SMILES string of the molecule is Cn1cc(S(=O)(=O)N(C/C=C/c2ccccc2)c2ccc3c(c2)OCCO3)c(=O)n(C)c1=O. The van der Waals surface area contributed by atoms with Crippen molar-refractivity contribution >= 4 is 21.8 Å². The molecule has 0 bridgehead atoms. The van der Waals surface area contributed by atoms with Gasteiger partial charge in [0, 0.05) is 26.4 Å². The van der Waals surface area contributed by atoms with E-state index in [2.05, 4.69) is 0 Å². The molecule has 0 radical (unpaired) electrons. The first-order valence-electron chi connectivity index (χ1n) is 10.2. The van der Waals surface area contributed by atoms with Crippen LogP contribution in [0.4, 0.5) is 5.69 Å². The van der Waals surface area contributed by atoms with Crippen molar-refractivity contribution in [2.45, 2.75) is 4.90 Å². The van der Waals surface area contributed by atoms with Gasteiger partial charge in [-0.2, -0.15) is 0 Å². The molecule has 0 aliphatic carbocycles. The highest BCUT2D eigenvalue weighted by Crippen LogP contribution is 2.35. The molecule has 2 aromatic carbocycles. The molecular weight excluding hydrogens is 446 g/mol. The largest absolute Gasteiger partial charge is 0.486 e. The van der Waals surface area contributed by atoms with Crippen molar-refractivity contribution in [1.82, 2.24) is 9.13 Å². The van der Waals surface area contributed by atoms with E-state index >= 15 is 0 Å². The highest BCUT2D eigenvalue weighted by molar-refractivity contribution is 7.92. The monoisotopic (exact) mass is 469 g/mol. The molecular formula is C23H23N3O6S. The van der Waals surface area contributed by atoms with E-state index in [4.69, 9.17) is 9.47 Å². The number of ether oxygens (including phenoxy) is 2. The maximum absolute atomic E-state index is 13.7. The van der Waals surface area contributed by atoms with Crippen LogP contribution in [0, 0.1) is 0 Å². The smallest absolute Gasteiger partial charge is 0.330 e. The number of benzene rings is 2. The zero-order chi connectivity index (χ0) is 23.6. The summed E-state index contributed by atoms with van der Waals surface area (Å²) in [5.74, 6) is 0.930. The highest BCUT2D eigenvalue weighted by Gasteiger charge is 2.30. The van der Waals surface area contributed by atoms with E-state index in [-0.39, 0.29) is 6.54 Å². The Morgan fingerprint density at radius 3 is 2.42 bits per heavy atom. The number of sulfonamides is 1. The lowest BCUT2D eigenvalue weighted by molar-refractivity contribution is 0.171. The molecule has 4 rings (SSSR count). The molecule has 0 unspecified atom stereocenters. The van der Waals surface area contributed by atoms with Crippen molar-refractivity contribution in [2.75, 3.05) is 24.1 Å². The molecule has 10 heteroatoms. The molecule has 0 amide bonds. The summed E-state index contributed by atoms with van der Waals surface area (Å²) < 4.78 is 41.4. The van der Waals surface area contributed by atoms with Crippen LogP contribution < -0.4 is 25.0 Å². The number of hydrogen-bond acceptors (Lipinski definition) is 6. The molecule has 0 saturated carbocycles. The summed E-state index contributed by atoms with van der Waals surface area (Å²) in [7, 11) is -1.70. The normalized spacial score (nSPS) is 13.3. The maximum atomic E-state index is 13.7. The van der Waals surface area contributed by atoms with Gasteiger partial charge < -0.3 is 14.0 Å². The van der Waals surface area contributed by atoms with Gasteiger partial charge in [0.25, 0.3) is 15.6 Å². The van der Waals surface area contributed by atoms with Crippen molar-refractivity contribution in [3.8, 4) is 11.5 Å². The molecule has 0 N–H and O–H groups in total.